The largest absolute Gasteiger partial charge is 0.304 e. The van der Waals surface area contributed by atoms with Crippen LogP contribution in [0.15, 0.2) is 22.7 Å². The fraction of sp³-hybridized carbons (Fsp3) is 0.400. The molecular formula is C15H18BrCl2N3. The molecule has 0 aliphatic rings. The summed E-state index contributed by atoms with van der Waals surface area (Å²) < 4.78 is 2.99. The summed E-state index contributed by atoms with van der Waals surface area (Å²) in [6.07, 6.45) is 0.910. The first kappa shape index (κ1) is 16.8. The van der Waals surface area contributed by atoms with Gasteiger partial charge in [0, 0.05) is 29.7 Å². The Labute approximate surface area is 143 Å². The predicted octanol–water partition coefficient (Wildman–Crippen LogP) is 4.90. The summed E-state index contributed by atoms with van der Waals surface area (Å²) in [5.74, 6) is 0. The summed E-state index contributed by atoms with van der Waals surface area (Å²) in [7, 11) is 1.96. The Hall–Kier alpha value is -0.550. The van der Waals surface area contributed by atoms with Gasteiger partial charge in [-0.2, -0.15) is 5.10 Å². The van der Waals surface area contributed by atoms with E-state index in [1.165, 1.54) is 0 Å². The van der Waals surface area contributed by atoms with Crippen molar-refractivity contribution in [2.24, 2.45) is 7.05 Å². The molecule has 1 N–H and O–H groups in total. The van der Waals surface area contributed by atoms with Crippen LogP contribution >= 0.6 is 39.1 Å². The molecule has 1 atom stereocenters. The Bertz CT molecular complexity index is 640. The van der Waals surface area contributed by atoms with Gasteiger partial charge in [-0.1, -0.05) is 36.2 Å². The van der Waals surface area contributed by atoms with Gasteiger partial charge in [-0.25, -0.2) is 0 Å². The molecule has 0 aliphatic heterocycles. The van der Waals surface area contributed by atoms with Crippen molar-refractivity contribution in [3.05, 3.63) is 49.7 Å². The van der Waals surface area contributed by atoms with Crippen LogP contribution in [0.4, 0.5) is 0 Å². The van der Waals surface area contributed by atoms with Crippen molar-refractivity contribution < 1.29 is 0 Å². The second kappa shape index (κ2) is 7.14. The van der Waals surface area contributed by atoms with E-state index in [2.05, 4.69) is 40.2 Å². The highest BCUT2D eigenvalue weighted by Crippen LogP contribution is 2.27. The van der Waals surface area contributed by atoms with Crippen molar-refractivity contribution >= 4 is 39.1 Å². The van der Waals surface area contributed by atoms with Crippen LogP contribution in [0.1, 0.15) is 36.8 Å². The summed E-state index contributed by atoms with van der Waals surface area (Å²) in [5.41, 5.74) is 3.24. The third-order valence-electron chi connectivity index (χ3n) is 3.51. The molecule has 6 heteroatoms. The van der Waals surface area contributed by atoms with Gasteiger partial charge in [0.05, 0.1) is 15.9 Å². The molecule has 1 aromatic heterocycles. The fourth-order valence-corrected chi connectivity index (χ4v) is 3.55. The SMILES string of the molecule is CCc1nn(C)c(CNC(C)c2ccc(Cl)cc2Cl)c1Br. The van der Waals surface area contributed by atoms with Crippen molar-refractivity contribution in [3.63, 3.8) is 0 Å². The first-order valence-electron chi connectivity index (χ1n) is 6.82. The van der Waals surface area contributed by atoms with E-state index in [4.69, 9.17) is 23.2 Å². The maximum atomic E-state index is 6.24. The Kier molecular flexibility index (Phi) is 5.72. The number of nitrogens with one attached hydrogen (secondary N) is 1. The summed E-state index contributed by atoms with van der Waals surface area (Å²) in [4.78, 5) is 0. The van der Waals surface area contributed by atoms with Gasteiger partial charge < -0.3 is 5.32 Å². The molecule has 0 radical (unpaired) electrons. The predicted molar refractivity (Wildman–Crippen MR) is 92.0 cm³/mol. The summed E-state index contributed by atoms with van der Waals surface area (Å²) in [5, 5.41) is 9.30. The summed E-state index contributed by atoms with van der Waals surface area (Å²) in [6.45, 7) is 4.89. The quantitative estimate of drug-likeness (QED) is 0.786. The van der Waals surface area contributed by atoms with E-state index in [1.807, 2.05) is 23.9 Å². The maximum Gasteiger partial charge on any atom is 0.0767 e. The van der Waals surface area contributed by atoms with Gasteiger partial charge in [-0.3, -0.25) is 4.68 Å². The second-order valence-electron chi connectivity index (χ2n) is 4.95. The molecule has 3 nitrogen and oxygen atoms in total. The third kappa shape index (κ3) is 3.81. The Morgan fingerprint density at radius 2 is 2.10 bits per heavy atom. The number of hydrogen-bond acceptors (Lipinski definition) is 2. The lowest BCUT2D eigenvalue weighted by molar-refractivity contribution is 0.547. The highest BCUT2D eigenvalue weighted by atomic mass is 79.9. The monoisotopic (exact) mass is 389 g/mol. The van der Waals surface area contributed by atoms with Gasteiger partial charge >= 0.3 is 0 Å². The van der Waals surface area contributed by atoms with Crippen molar-refractivity contribution in [2.45, 2.75) is 32.9 Å². The minimum absolute atomic E-state index is 0.127. The van der Waals surface area contributed by atoms with Crippen LogP contribution in [-0.4, -0.2) is 9.78 Å². The zero-order chi connectivity index (χ0) is 15.6. The van der Waals surface area contributed by atoms with Crippen LogP contribution in [0.5, 0.6) is 0 Å². The molecule has 0 amide bonds. The van der Waals surface area contributed by atoms with Gasteiger partial charge in [0.15, 0.2) is 0 Å². The molecule has 114 valence electrons. The van der Waals surface area contributed by atoms with Gasteiger partial charge in [0.2, 0.25) is 0 Å². The molecule has 0 fully saturated rings. The van der Waals surface area contributed by atoms with Crippen LogP contribution < -0.4 is 5.32 Å². The molecule has 1 unspecified atom stereocenters. The van der Waals surface area contributed by atoms with E-state index >= 15 is 0 Å². The second-order valence-corrected chi connectivity index (χ2v) is 6.59. The van der Waals surface area contributed by atoms with Crippen molar-refractivity contribution in [2.75, 3.05) is 0 Å². The molecule has 0 aliphatic carbocycles. The fourth-order valence-electron chi connectivity index (χ4n) is 2.22. The minimum Gasteiger partial charge on any atom is -0.304 e. The third-order valence-corrected chi connectivity index (χ3v) is 4.99. The molecule has 0 bridgehead atoms. The molecule has 0 saturated carbocycles. The van der Waals surface area contributed by atoms with Gasteiger partial charge in [-0.15, -0.1) is 0 Å². The lowest BCUT2D eigenvalue weighted by Gasteiger charge is -2.16. The molecule has 1 aromatic carbocycles. The first-order chi connectivity index (χ1) is 9.93. The van der Waals surface area contributed by atoms with Gasteiger partial charge in [0.25, 0.3) is 0 Å². The van der Waals surface area contributed by atoms with Gasteiger partial charge in [0.1, 0.15) is 0 Å². The molecule has 2 aromatic rings. The molecule has 0 saturated heterocycles. The van der Waals surface area contributed by atoms with E-state index < -0.39 is 0 Å². The van der Waals surface area contributed by atoms with Crippen LogP contribution in [0, 0.1) is 0 Å². The van der Waals surface area contributed by atoms with E-state index in [0.717, 1.165) is 27.8 Å². The van der Waals surface area contributed by atoms with Crippen LogP contribution in [-0.2, 0) is 20.0 Å². The van der Waals surface area contributed by atoms with Crippen LogP contribution in [0.25, 0.3) is 0 Å². The van der Waals surface area contributed by atoms with E-state index in [-0.39, 0.29) is 6.04 Å². The zero-order valence-corrected chi connectivity index (χ0v) is 15.3. The summed E-state index contributed by atoms with van der Waals surface area (Å²) in [6, 6.07) is 5.71. The Balaban J connectivity index is 2.11. The lowest BCUT2D eigenvalue weighted by Crippen LogP contribution is -2.20. The number of benzene rings is 1. The first-order valence-corrected chi connectivity index (χ1v) is 8.37. The lowest BCUT2D eigenvalue weighted by atomic mass is 10.1. The summed E-state index contributed by atoms with van der Waals surface area (Å²) >= 11 is 15.8. The minimum atomic E-state index is 0.127. The molecule has 2 rings (SSSR count). The van der Waals surface area contributed by atoms with Crippen molar-refractivity contribution in [1.82, 2.24) is 15.1 Å². The standard InChI is InChI=1S/C15H18BrCl2N3/c1-4-13-15(16)14(21(3)20-13)8-19-9(2)11-6-5-10(17)7-12(11)18/h5-7,9,19H,4,8H2,1-3H3. The Morgan fingerprint density at radius 1 is 1.38 bits per heavy atom. The van der Waals surface area contributed by atoms with E-state index in [1.54, 1.807) is 6.07 Å². The number of aromatic nitrogens is 2. The highest BCUT2D eigenvalue weighted by molar-refractivity contribution is 9.10. The molecule has 1 heterocycles. The topological polar surface area (TPSA) is 29.9 Å². The average molecular weight is 391 g/mol. The van der Waals surface area contributed by atoms with E-state index in [0.29, 0.717) is 16.6 Å². The smallest absolute Gasteiger partial charge is 0.0767 e. The van der Waals surface area contributed by atoms with Gasteiger partial charge in [-0.05, 0) is 47.0 Å². The number of aryl methyl sites for hydroxylation is 2. The molecule has 0 spiro atoms. The average Bonchev–Trinajstić information content (AvgIpc) is 2.71. The number of hydrogen-bond donors (Lipinski definition) is 1. The van der Waals surface area contributed by atoms with Crippen molar-refractivity contribution in [1.29, 1.82) is 0 Å². The zero-order valence-electron chi connectivity index (χ0n) is 12.3. The number of nitrogens with zero attached hydrogens (tertiary/aromatic N) is 2. The normalized spacial score (nSPS) is 12.7. The molecular weight excluding hydrogens is 373 g/mol. The molecule has 21 heavy (non-hydrogen) atoms. The maximum absolute atomic E-state index is 6.24. The van der Waals surface area contributed by atoms with Crippen molar-refractivity contribution in [3.8, 4) is 0 Å². The number of rotatable bonds is 5. The number of halogens is 3. The van der Waals surface area contributed by atoms with Crippen LogP contribution in [0.2, 0.25) is 10.0 Å². The highest BCUT2D eigenvalue weighted by Gasteiger charge is 2.15. The Morgan fingerprint density at radius 3 is 2.67 bits per heavy atom. The van der Waals surface area contributed by atoms with Crippen LogP contribution in [0.3, 0.4) is 0 Å². The van der Waals surface area contributed by atoms with E-state index in [9.17, 15) is 0 Å².